The summed E-state index contributed by atoms with van der Waals surface area (Å²) in [6.45, 7) is 17.2. The second-order valence-electron chi connectivity index (χ2n) is 14.6. The van der Waals surface area contributed by atoms with E-state index in [0.29, 0.717) is 38.4 Å². The number of amides is 3. The molecule has 0 unspecified atom stereocenters. The first-order chi connectivity index (χ1) is 22.6. The van der Waals surface area contributed by atoms with E-state index < -0.39 is 0 Å². The number of benzene rings is 2. The van der Waals surface area contributed by atoms with E-state index in [-0.39, 0.29) is 47.9 Å². The van der Waals surface area contributed by atoms with Crippen LogP contribution in [0.5, 0.6) is 0 Å². The molecule has 0 spiro atoms. The van der Waals surface area contributed by atoms with Crippen molar-refractivity contribution in [2.75, 3.05) is 44.8 Å². The van der Waals surface area contributed by atoms with Crippen LogP contribution in [0.3, 0.4) is 0 Å². The molecule has 0 saturated carbocycles. The summed E-state index contributed by atoms with van der Waals surface area (Å²) in [6, 6.07) is 15.5. The van der Waals surface area contributed by atoms with Gasteiger partial charge in [-0.3, -0.25) is 19.4 Å². The van der Waals surface area contributed by atoms with E-state index in [1.54, 1.807) is 4.90 Å². The highest BCUT2D eigenvalue weighted by molar-refractivity contribution is 5.98. The van der Waals surface area contributed by atoms with Gasteiger partial charge in [-0.25, -0.2) is 0 Å². The minimum Gasteiger partial charge on any atom is -0.375 e. The molecule has 1 aliphatic heterocycles. The smallest absolute Gasteiger partial charge is 0.239 e. The van der Waals surface area contributed by atoms with Crippen molar-refractivity contribution in [3.63, 3.8) is 0 Å². The largest absolute Gasteiger partial charge is 0.375 e. The van der Waals surface area contributed by atoms with Gasteiger partial charge in [0.05, 0.1) is 48.9 Å². The molecule has 11 nitrogen and oxygen atoms in total. The SMILES string of the molecule is CN(CCC(C)(C)OCCC(C)(C)OCC(C)(C)C)N=N/C1=C/c2ccccc2N(C(=O)CCNC(=O)CNC=O)Cc2ccccc21. The van der Waals surface area contributed by atoms with Gasteiger partial charge in [-0.15, -0.1) is 5.11 Å². The molecule has 1 heterocycles. The number of carbonyl (C=O) groups is 3. The first-order valence-electron chi connectivity index (χ1n) is 16.6. The maximum atomic E-state index is 13.5. The van der Waals surface area contributed by atoms with Crippen LogP contribution in [0, 0.1) is 5.41 Å². The van der Waals surface area contributed by atoms with Crippen LogP contribution in [0.15, 0.2) is 58.9 Å². The second-order valence-corrected chi connectivity index (χ2v) is 14.6. The average molecular weight is 663 g/mol. The molecule has 0 bridgehead atoms. The van der Waals surface area contributed by atoms with E-state index >= 15 is 0 Å². The van der Waals surface area contributed by atoms with Crippen molar-refractivity contribution in [1.82, 2.24) is 15.6 Å². The summed E-state index contributed by atoms with van der Waals surface area (Å²) in [5.74, 6) is -0.488. The molecule has 2 N–H and O–H groups in total. The molecule has 262 valence electrons. The van der Waals surface area contributed by atoms with E-state index in [4.69, 9.17) is 14.6 Å². The number of rotatable bonds is 17. The fourth-order valence-corrected chi connectivity index (χ4v) is 4.92. The zero-order valence-corrected chi connectivity index (χ0v) is 30.0. The van der Waals surface area contributed by atoms with Gasteiger partial charge < -0.3 is 25.0 Å². The van der Waals surface area contributed by atoms with E-state index in [1.807, 2.05) is 66.7 Å². The maximum Gasteiger partial charge on any atom is 0.239 e. The van der Waals surface area contributed by atoms with Gasteiger partial charge in [0.2, 0.25) is 18.2 Å². The predicted molar refractivity (Wildman–Crippen MR) is 190 cm³/mol. The van der Waals surface area contributed by atoms with Crippen molar-refractivity contribution < 1.29 is 23.9 Å². The van der Waals surface area contributed by atoms with Crippen molar-refractivity contribution in [2.24, 2.45) is 15.8 Å². The highest BCUT2D eigenvalue weighted by atomic mass is 16.5. The summed E-state index contributed by atoms with van der Waals surface area (Å²) in [5, 5.41) is 16.1. The van der Waals surface area contributed by atoms with Crippen molar-refractivity contribution in [2.45, 2.75) is 85.5 Å². The first-order valence-corrected chi connectivity index (χ1v) is 16.6. The molecule has 0 fully saturated rings. The van der Waals surface area contributed by atoms with E-state index in [2.05, 4.69) is 64.3 Å². The molecule has 0 radical (unpaired) electrons. The zero-order valence-electron chi connectivity index (χ0n) is 30.0. The standard InChI is InChI=1S/C37H54N6O5/c1-35(2,3)26-48-37(6,7)19-22-47-36(4,5)18-21-42(8)41-40-31-23-28-13-10-12-16-32(28)43(25-29-14-9-11-15-30(29)31)34(46)17-20-39-33(45)24-38-27-44/h9-16,23,27H,17-22,24-26H2,1-8H3,(H,38,44)(H,39,45)/b31-23+,41-40?. The number of nitrogens with zero attached hydrogens (tertiary/aromatic N) is 4. The number of hydrogen-bond donors (Lipinski definition) is 2. The van der Waals surface area contributed by atoms with Gasteiger partial charge in [0.25, 0.3) is 0 Å². The summed E-state index contributed by atoms with van der Waals surface area (Å²) in [5.41, 5.74) is 3.60. The lowest BCUT2D eigenvalue weighted by Gasteiger charge is -2.32. The maximum absolute atomic E-state index is 13.5. The van der Waals surface area contributed by atoms with Gasteiger partial charge in [0, 0.05) is 37.7 Å². The van der Waals surface area contributed by atoms with Gasteiger partial charge in [0.15, 0.2) is 0 Å². The van der Waals surface area contributed by atoms with Gasteiger partial charge >= 0.3 is 0 Å². The van der Waals surface area contributed by atoms with Crippen LogP contribution in [0.2, 0.25) is 0 Å². The quantitative estimate of drug-likeness (QED) is 0.122. The number of hydrogen-bond acceptors (Lipinski definition) is 7. The van der Waals surface area contributed by atoms with E-state index in [9.17, 15) is 14.4 Å². The summed E-state index contributed by atoms with van der Waals surface area (Å²) < 4.78 is 12.4. The Labute approximate surface area is 286 Å². The van der Waals surface area contributed by atoms with Crippen LogP contribution < -0.4 is 15.5 Å². The molecular formula is C37H54N6O5. The lowest BCUT2D eigenvalue weighted by Crippen LogP contribution is -2.37. The summed E-state index contributed by atoms with van der Waals surface area (Å²) in [7, 11) is 1.90. The van der Waals surface area contributed by atoms with Crippen LogP contribution in [0.25, 0.3) is 11.8 Å². The van der Waals surface area contributed by atoms with Crippen LogP contribution in [-0.4, -0.2) is 74.3 Å². The third kappa shape index (κ3) is 12.8. The van der Waals surface area contributed by atoms with Crippen LogP contribution in [-0.2, 0) is 30.4 Å². The molecular weight excluding hydrogens is 608 g/mol. The predicted octanol–water partition coefficient (Wildman–Crippen LogP) is 6.00. The lowest BCUT2D eigenvalue weighted by atomic mass is 9.97. The first kappa shape index (κ1) is 38.4. The normalized spacial score (nSPS) is 14.7. The lowest BCUT2D eigenvalue weighted by molar-refractivity contribution is -0.122. The summed E-state index contributed by atoms with van der Waals surface area (Å²) in [6.07, 6.45) is 4.08. The van der Waals surface area contributed by atoms with Gasteiger partial charge in [0.1, 0.15) is 0 Å². The Morgan fingerprint density at radius 1 is 0.958 bits per heavy atom. The Morgan fingerprint density at radius 3 is 2.38 bits per heavy atom. The van der Waals surface area contributed by atoms with Crippen LogP contribution in [0.1, 0.15) is 84.4 Å². The third-order valence-corrected chi connectivity index (χ3v) is 7.89. The highest BCUT2D eigenvalue weighted by Crippen LogP contribution is 2.34. The van der Waals surface area contributed by atoms with Gasteiger partial charge in [-0.2, -0.15) is 0 Å². The van der Waals surface area contributed by atoms with Crippen molar-refractivity contribution >= 4 is 35.7 Å². The Balaban J connectivity index is 1.68. The Bertz CT molecular complexity index is 1450. The Morgan fingerprint density at radius 2 is 1.65 bits per heavy atom. The highest BCUT2D eigenvalue weighted by Gasteiger charge is 2.26. The number of para-hydroxylation sites is 1. The average Bonchev–Trinajstić information content (AvgIpc) is 3.02. The second kappa shape index (κ2) is 17.3. The van der Waals surface area contributed by atoms with Crippen molar-refractivity contribution in [3.8, 4) is 0 Å². The van der Waals surface area contributed by atoms with E-state index in [1.165, 1.54) is 0 Å². The van der Waals surface area contributed by atoms with Gasteiger partial charge in [-0.05, 0) is 63.7 Å². The fourth-order valence-electron chi connectivity index (χ4n) is 4.92. The third-order valence-electron chi connectivity index (χ3n) is 7.89. The van der Waals surface area contributed by atoms with Gasteiger partial charge in [-0.1, -0.05) is 68.5 Å². The molecule has 1 aliphatic rings. The Hall–Kier alpha value is -4.09. The molecule has 2 aromatic rings. The van der Waals surface area contributed by atoms with Crippen molar-refractivity contribution in [3.05, 3.63) is 65.2 Å². The fraction of sp³-hybridized carbons (Fsp3) is 0.541. The molecule has 11 heteroatoms. The number of carbonyl (C=O) groups excluding carboxylic acids is 3. The number of ether oxygens (including phenoxy) is 2. The molecule has 0 saturated heterocycles. The summed E-state index contributed by atoms with van der Waals surface area (Å²) in [4.78, 5) is 37.5. The van der Waals surface area contributed by atoms with Crippen LogP contribution >= 0.6 is 0 Å². The minimum atomic E-state index is -0.353. The molecule has 0 aromatic heterocycles. The molecule has 2 aromatic carbocycles. The Kier molecular flexibility index (Phi) is 13.9. The zero-order chi connectivity index (χ0) is 35.4. The molecule has 0 atom stereocenters. The monoisotopic (exact) mass is 662 g/mol. The summed E-state index contributed by atoms with van der Waals surface area (Å²) >= 11 is 0. The van der Waals surface area contributed by atoms with E-state index in [0.717, 1.165) is 35.2 Å². The topological polar surface area (TPSA) is 125 Å². The molecule has 48 heavy (non-hydrogen) atoms. The van der Waals surface area contributed by atoms with Crippen LogP contribution in [0.4, 0.5) is 5.69 Å². The number of fused-ring (bicyclic) bond motifs is 2. The molecule has 3 amide bonds. The minimum absolute atomic E-state index is 0.104. The van der Waals surface area contributed by atoms with Crippen molar-refractivity contribution in [1.29, 1.82) is 0 Å². The number of nitrogens with one attached hydrogen (secondary N) is 2. The number of anilines is 1. The molecule has 0 aliphatic carbocycles. The molecule has 3 rings (SSSR count).